The number of ether oxygens (including phenoxy) is 5. The number of fused-ring (bicyclic) bond motifs is 5. The molecule has 59 heavy (non-hydrogen) atoms. The van der Waals surface area contributed by atoms with Crippen LogP contribution in [0, 0.1) is 16.7 Å². The van der Waals surface area contributed by atoms with Crippen LogP contribution in [0.15, 0.2) is 71.8 Å². The number of Topliss-reactive ketones (excluding diaryl/α,β-unsaturated/α-hetero) is 1. The maximum absolute atomic E-state index is 15.1. The molecule has 1 aliphatic heterocycles. The van der Waals surface area contributed by atoms with Gasteiger partial charge in [-0.2, -0.15) is 0 Å². The van der Waals surface area contributed by atoms with Crippen LogP contribution in [0.3, 0.4) is 0 Å². The lowest BCUT2D eigenvalue weighted by atomic mass is 9.41. The molecule has 15 heteroatoms. The van der Waals surface area contributed by atoms with Gasteiger partial charge in [0.15, 0.2) is 17.5 Å². The second kappa shape index (κ2) is 15.1. The minimum Gasteiger partial charge on any atom is -0.456 e. The van der Waals surface area contributed by atoms with Crippen molar-refractivity contribution in [2.24, 2.45) is 16.7 Å². The molecule has 11 atom stereocenters. The van der Waals surface area contributed by atoms with Gasteiger partial charge in [0.2, 0.25) is 0 Å². The predicted octanol–water partition coefficient (Wildman–Crippen LogP) is 3.65. The smallest absolute Gasteiger partial charge is 0.408 e. The molecule has 320 valence electrons. The average Bonchev–Trinajstić information content (AvgIpc) is 3.15. The van der Waals surface area contributed by atoms with Crippen LogP contribution in [0.2, 0.25) is 0 Å². The molecule has 1 amide bonds. The van der Waals surface area contributed by atoms with Crippen molar-refractivity contribution in [1.82, 2.24) is 5.32 Å². The van der Waals surface area contributed by atoms with E-state index in [0.29, 0.717) is 5.56 Å². The highest BCUT2D eigenvalue weighted by atomic mass is 16.6. The summed E-state index contributed by atoms with van der Waals surface area (Å²) in [6, 6.07) is 14.6. The molecule has 2 saturated carbocycles. The zero-order valence-corrected chi connectivity index (χ0v) is 34.8. The van der Waals surface area contributed by atoms with E-state index < -0.39 is 112 Å². The Morgan fingerprint density at radius 1 is 0.932 bits per heavy atom. The number of benzene rings is 2. The summed E-state index contributed by atoms with van der Waals surface area (Å²) in [7, 11) is 0. The second-order valence-corrected chi connectivity index (χ2v) is 18.1. The van der Waals surface area contributed by atoms with E-state index >= 15 is 4.79 Å². The van der Waals surface area contributed by atoms with Crippen molar-refractivity contribution in [2.45, 2.75) is 134 Å². The molecular weight excluding hydrogens is 766 g/mol. The molecule has 0 spiro atoms. The van der Waals surface area contributed by atoms with Crippen LogP contribution in [0.25, 0.3) is 0 Å². The van der Waals surface area contributed by atoms with Crippen LogP contribution >= 0.6 is 0 Å². The summed E-state index contributed by atoms with van der Waals surface area (Å²) in [5.74, 6) is -5.45. The third-order valence-corrected chi connectivity index (χ3v) is 13.1. The largest absolute Gasteiger partial charge is 0.456 e. The molecule has 0 unspecified atom stereocenters. The summed E-state index contributed by atoms with van der Waals surface area (Å²) in [6.07, 6.45) is -9.81. The number of aliphatic hydroxyl groups excluding tert-OH is 3. The van der Waals surface area contributed by atoms with Crippen molar-refractivity contribution in [3.05, 3.63) is 82.9 Å². The molecule has 3 aliphatic carbocycles. The van der Waals surface area contributed by atoms with Gasteiger partial charge in [-0.05, 0) is 70.4 Å². The number of aliphatic hydroxyl groups is 4. The molecule has 6 rings (SSSR count). The summed E-state index contributed by atoms with van der Waals surface area (Å²) < 4.78 is 29.9. The normalized spacial score (nSPS) is 34.6. The molecule has 1 saturated heterocycles. The van der Waals surface area contributed by atoms with Crippen LogP contribution in [0.5, 0.6) is 0 Å². The minimum absolute atomic E-state index is 0.0718. The van der Waals surface area contributed by atoms with Crippen molar-refractivity contribution in [3.63, 3.8) is 0 Å². The molecule has 2 aromatic rings. The predicted molar refractivity (Wildman–Crippen MR) is 208 cm³/mol. The Hall–Kier alpha value is -4.67. The summed E-state index contributed by atoms with van der Waals surface area (Å²) in [4.78, 5) is 69.5. The molecule has 2 aromatic carbocycles. The summed E-state index contributed by atoms with van der Waals surface area (Å²) in [6.45, 7) is 13.2. The number of carbonyl (C=O) groups is 5. The Balaban J connectivity index is 1.52. The monoisotopic (exact) mass is 821 g/mol. The maximum atomic E-state index is 15.1. The first-order valence-corrected chi connectivity index (χ1v) is 19.7. The van der Waals surface area contributed by atoms with E-state index in [1.807, 2.05) is 0 Å². The second-order valence-electron chi connectivity index (χ2n) is 18.1. The number of amides is 1. The Bertz CT molecular complexity index is 2030. The number of ketones is 1. The number of hydrogen-bond acceptors (Lipinski definition) is 14. The van der Waals surface area contributed by atoms with Gasteiger partial charge in [-0.1, -0.05) is 62.4 Å². The minimum atomic E-state index is -2.42. The fourth-order valence-corrected chi connectivity index (χ4v) is 10.3. The van der Waals surface area contributed by atoms with Gasteiger partial charge in [-0.25, -0.2) is 14.4 Å². The third-order valence-electron chi connectivity index (χ3n) is 13.1. The van der Waals surface area contributed by atoms with Gasteiger partial charge in [-0.3, -0.25) is 9.59 Å². The lowest BCUT2D eigenvalue weighted by Crippen LogP contribution is -2.85. The number of esters is 3. The van der Waals surface area contributed by atoms with E-state index in [1.165, 1.54) is 32.9 Å². The van der Waals surface area contributed by atoms with Gasteiger partial charge in [0, 0.05) is 25.2 Å². The summed E-state index contributed by atoms with van der Waals surface area (Å²) >= 11 is 0. The maximum Gasteiger partial charge on any atom is 0.408 e. The van der Waals surface area contributed by atoms with E-state index in [9.17, 15) is 39.6 Å². The first-order valence-electron chi connectivity index (χ1n) is 19.7. The molecule has 15 nitrogen and oxygen atoms in total. The van der Waals surface area contributed by atoms with Crippen molar-refractivity contribution in [1.29, 1.82) is 0 Å². The SMILES string of the molecule is CC(=O)O[C@@]12CO[C@@H]1C[C@H](O)[C@@]1(C)C(=O)[C@H](O)C3=C(C)[C@@H](OC(=O)[C@H](O)[C@@H](NC(=O)OC(C)(C)C)c4ccccc4)C[C@](O)(C3(C)C)[C@@](C)(OC(=O)c3ccccc3)[C@H]21. The molecule has 0 radical (unpaired) electrons. The average molecular weight is 822 g/mol. The number of hydrogen-bond donors (Lipinski definition) is 5. The van der Waals surface area contributed by atoms with E-state index in [2.05, 4.69) is 5.32 Å². The highest BCUT2D eigenvalue weighted by molar-refractivity contribution is 5.94. The Morgan fingerprint density at radius 3 is 2.07 bits per heavy atom. The molecule has 1 heterocycles. The Morgan fingerprint density at radius 2 is 1.53 bits per heavy atom. The molecule has 5 N–H and O–H groups in total. The highest BCUT2D eigenvalue weighted by Crippen LogP contribution is 2.67. The number of carbonyl (C=O) groups excluding carboxylic acids is 5. The number of rotatable bonds is 8. The number of nitrogens with one attached hydrogen (secondary N) is 1. The van der Waals surface area contributed by atoms with Crippen molar-refractivity contribution in [3.8, 4) is 0 Å². The Labute approximate surface area is 343 Å². The first kappa shape index (κ1) is 43.9. The first-order chi connectivity index (χ1) is 27.4. The zero-order chi connectivity index (χ0) is 43.7. The van der Waals surface area contributed by atoms with Crippen molar-refractivity contribution >= 4 is 29.8 Å². The van der Waals surface area contributed by atoms with E-state index in [0.717, 1.165) is 6.92 Å². The van der Waals surface area contributed by atoms with Gasteiger partial charge in [0.1, 0.15) is 35.1 Å². The van der Waals surface area contributed by atoms with Gasteiger partial charge in [0.05, 0.1) is 35.6 Å². The molecule has 3 fully saturated rings. The summed E-state index contributed by atoms with van der Waals surface area (Å²) in [5.41, 5.74) is -10.7. The summed E-state index contributed by atoms with van der Waals surface area (Å²) in [5, 5.41) is 52.1. The molecule has 2 bridgehead atoms. The number of alkyl carbamates (subject to hydrolysis) is 1. The lowest BCUT2D eigenvalue weighted by Gasteiger charge is -2.70. The molecule has 4 aliphatic rings. The quantitative estimate of drug-likeness (QED) is 0.146. The van der Waals surface area contributed by atoms with Gasteiger partial charge >= 0.3 is 24.0 Å². The molecular formula is C44H55NO14. The topological polar surface area (TPSA) is 224 Å². The zero-order valence-electron chi connectivity index (χ0n) is 34.8. The third kappa shape index (κ3) is 7.03. The van der Waals surface area contributed by atoms with Crippen LogP contribution in [-0.2, 0) is 38.1 Å². The van der Waals surface area contributed by atoms with Gasteiger partial charge in [-0.15, -0.1) is 0 Å². The van der Waals surface area contributed by atoms with Crippen LogP contribution in [-0.4, -0.2) is 110 Å². The van der Waals surface area contributed by atoms with Gasteiger partial charge in [0.25, 0.3) is 0 Å². The van der Waals surface area contributed by atoms with Crippen molar-refractivity contribution < 1.29 is 68.1 Å². The molecule has 0 aromatic heterocycles. The highest BCUT2D eigenvalue weighted by Gasteiger charge is 2.81. The fourth-order valence-electron chi connectivity index (χ4n) is 10.3. The fraction of sp³-hybridized carbons (Fsp3) is 0.568. The van der Waals surface area contributed by atoms with Crippen LogP contribution in [0.4, 0.5) is 4.79 Å². The van der Waals surface area contributed by atoms with Crippen LogP contribution < -0.4 is 5.32 Å². The Kier molecular flexibility index (Phi) is 11.2. The van der Waals surface area contributed by atoms with Gasteiger partial charge < -0.3 is 49.4 Å². The van der Waals surface area contributed by atoms with Crippen molar-refractivity contribution in [2.75, 3.05) is 6.61 Å². The standard InChI is InChI=1S/C44H55NO14/c1-23-27(56-36(52)33(49)31(25-16-12-10-13-17-25)45-38(53)59-39(3,4)5)21-44(54)40(6,7)30(23)32(48)34(50)41(8)28(47)20-29-43(22-55-29,57-24(2)46)37(41)42(44,9)58-35(51)26-18-14-11-15-19-26/h10-19,27-29,31-33,37,47-49,54H,20-22H2,1-9H3,(H,45,53)/t27-,28-,29+,31-,32+,33+,37+,41-,42-,43-,44-/m0/s1. The van der Waals surface area contributed by atoms with E-state index in [4.69, 9.17) is 23.7 Å². The van der Waals surface area contributed by atoms with E-state index in [-0.39, 0.29) is 29.7 Å². The lowest BCUT2D eigenvalue weighted by molar-refractivity contribution is -0.365. The van der Waals surface area contributed by atoms with E-state index in [1.54, 1.807) is 83.1 Å². The van der Waals surface area contributed by atoms with Crippen LogP contribution in [0.1, 0.15) is 97.1 Å².